The molecule has 3 rings (SSSR count). The number of carbonyl (C=O) groups is 3. The van der Waals surface area contributed by atoms with Gasteiger partial charge in [-0.2, -0.15) is 0 Å². The van der Waals surface area contributed by atoms with Gasteiger partial charge < -0.3 is 15.5 Å². The third-order valence-electron chi connectivity index (χ3n) is 6.15. The second-order valence-corrected chi connectivity index (χ2v) is 9.40. The SMILES string of the molecule is CC[C@H](C)NC(=O)[C@H](NC(=O)c1cccs1)C1CCN(C(=O)CCc2ccccc2)CC1. The Bertz CT molecular complexity index is 877. The molecule has 0 radical (unpaired) electrons. The molecule has 2 heterocycles. The highest BCUT2D eigenvalue weighted by Gasteiger charge is 2.34. The first-order valence-corrected chi connectivity index (χ1v) is 12.3. The van der Waals surface area contributed by atoms with E-state index in [0.717, 1.165) is 18.4 Å². The molecule has 0 unspecified atom stereocenters. The maximum atomic E-state index is 13.0. The summed E-state index contributed by atoms with van der Waals surface area (Å²) in [5, 5.41) is 7.83. The Kier molecular flexibility index (Phi) is 8.85. The summed E-state index contributed by atoms with van der Waals surface area (Å²) in [6.07, 6.45) is 3.44. The van der Waals surface area contributed by atoms with Gasteiger partial charge in [-0.1, -0.05) is 43.3 Å². The molecule has 7 heteroatoms. The summed E-state index contributed by atoms with van der Waals surface area (Å²) in [7, 11) is 0. The average Bonchev–Trinajstić information content (AvgIpc) is 3.36. The number of nitrogens with one attached hydrogen (secondary N) is 2. The van der Waals surface area contributed by atoms with Gasteiger partial charge in [-0.15, -0.1) is 11.3 Å². The normalized spacial score (nSPS) is 16.2. The number of aryl methyl sites for hydroxylation is 1. The molecular weight excluding hydrogens is 422 g/mol. The van der Waals surface area contributed by atoms with E-state index in [4.69, 9.17) is 0 Å². The second kappa shape index (κ2) is 11.8. The molecular formula is C25H33N3O3S. The molecule has 1 aliphatic heterocycles. The molecule has 1 aromatic carbocycles. The number of carbonyl (C=O) groups excluding carboxylic acids is 3. The van der Waals surface area contributed by atoms with Crippen molar-refractivity contribution >= 4 is 29.1 Å². The molecule has 1 aromatic heterocycles. The van der Waals surface area contributed by atoms with Crippen molar-refractivity contribution in [2.24, 2.45) is 5.92 Å². The summed E-state index contributed by atoms with van der Waals surface area (Å²) in [6, 6.07) is 13.1. The molecule has 172 valence electrons. The Labute approximate surface area is 194 Å². The number of amides is 3. The first kappa shape index (κ1) is 24.0. The number of rotatable bonds is 9. The summed E-state index contributed by atoms with van der Waals surface area (Å²) >= 11 is 1.36. The van der Waals surface area contributed by atoms with Crippen molar-refractivity contribution in [3.63, 3.8) is 0 Å². The minimum atomic E-state index is -0.597. The largest absolute Gasteiger partial charge is 0.352 e. The van der Waals surface area contributed by atoms with Gasteiger partial charge >= 0.3 is 0 Å². The highest BCUT2D eigenvalue weighted by Crippen LogP contribution is 2.23. The summed E-state index contributed by atoms with van der Waals surface area (Å²) in [5.74, 6) is -0.208. The lowest BCUT2D eigenvalue weighted by atomic mass is 9.88. The smallest absolute Gasteiger partial charge is 0.262 e. The maximum Gasteiger partial charge on any atom is 0.262 e. The topological polar surface area (TPSA) is 78.5 Å². The molecule has 32 heavy (non-hydrogen) atoms. The lowest BCUT2D eigenvalue weighted by Gasteiger charge is -2.36. The van der Waals surface area contributed by atoms with Crippen LogP contribution in [0.5, 0.6) is 0 Å². The molecule has 2 atom stereocenters. The van der Waals surface area contributed by atoms with E-state index in [2.05, 4.69) is 10.6 Å². The molecule has 1 aliphatic rings. The summed E-state index contributed by atoms with van der Waals surface area (Å²) in [6.45, 7) is 5.20. The van der Waals surface area contributed by atoms with Crippen molar-refractivity contribution in [3.8, 4) is 0 Å². The first-order valence-electron chi connectivity index (χ1n) is 11.4. The van der Waals surface area contributed by atoms with Gasteiger partial charge in [0.05, 0.1) is 4.88 Å². The zero-order chi connectivity index (χ0) is 22.9. The van der Waals surface area contributed by atoms with E-state index in [-0.39, 0.29) is 29.7 Å². The standard InChI is InChI=1S/C25H33N3O3S/c1-3-18(2)26-25(31)23(27-24(30)21-10-7-17-32-21)20-13-15-28(16-14-20)22(29)12-11-19-8-5-4-6-9-19/h4-10,17-18,20,23H,3,11-16H2,1-2H3,(H,26,31)(H,27,30)/t18-,23+/m0/s1. The maximum absolute atomic E-state index is 13.0. The van der Waals surface area contributed by atoms with Crippen LogP contribution in [0.4, 0.5) is 0 Å². The number of benzene rings is 1. The van der Waals surface area contributed by atoms with Crippen molar-refractivity contribution in [3.05, 3.63) is 58.3 Å². The van der Waals surface area contributed by atoms with E-state index in [0.29, 0.717) is 37.2 Å². The van der Waals surface area contributed by atoms with E-state index < -0.39 is 6.04 Å². The van der Waals surface area contributed by atoms with Crippen molar-refractivity contribution < 1.29 is 14.4 Å². The van der Waals surface area contributed by atoms with Gasteiger partial charge in [-0.25, -0.2) is 0 Å². The molecule has 1 fully saturated rings. The minimum Gasteiger partial charge on any atom is -0.352 e. The van der Waals surface area contributed by atoms with Crippen molar-refractivity contribution in [1.82, 2.24) is 15.5 Å². The number of hydrogen-bond donors (Lipinski definition) is 2. The summed E-state index contributed by atoms with van der Waals surface area (Å²) < 4.78 is 0. The van der Waals surface area contributed by atoms with Crippen LogP contribution in [0.1, 0.15) is 54.8 Å². The zero-order valence-corrected chi connectivity index (χ0v) is 19.7. The first-order chi connectivity index (χ1) is 15.5. The highest BCUT2D eigenvalue weighted by atomic mass is 32.1. The molecule has 3 amide bonds. The van der Waals surface area contributed by atoms with Crippen molar-refractivity contribution in [2.75, 3.05) is 13.1 Å². The van der Waals surface area contributed by atoms with Gasteiger partial charge in [0.25, 0.3) is 5.91 Å². The van der Waals surface area contributed by atoms with Crippen LogP contribution in [0.3, 0.4) is 0 Å². The number of nitrogens with zero attached hydrogens (tertiary/aromatic N) is 1. The number of thiophene rings is 1. The average molecular weight is 456 g/mol. The summed E-state index contributed by atoms with van der Waals surface area (Å²) in [5.41, 5.74) is 1.16. The van der Waals surface area contributed by atoms with Crippen LogP contribution in [0.2, 0.25) is 0 Å². The van der Waals surface area contributed by atoms with Gasteiger partial charge in [0.15, 0.2) is 0 Å². The van der Waals surface area contributed by atoms with Gasteiger partial charge in [-0.3, -0.25) is 14.4 Å². The van der Waals surface area contributed by atoms with E-state index >= 15 is 0 Å². The second-order valence-electron chi connectivity index (χ2n) is 8.45. The Balaban J connectivity index is 1.57. The highest BCUT2D eigenvalue weighted by molar-refractivity contribution is 7.12. The Morgan fingerprint density at radius 3 is 2.41 bits per heavy atom. The lowest BCUT2D eigenvalue weighted by Crippen LogP contribution is -2.55. The zero-order valence-electron chi connectivity index (χ0n) is 18.9. The third-order valence-corrected chi connectivity index (χ3v) is 7.02. The van der Waals surface area contributed by atoms with Crippen LogP contribution >= 0.6 is 11.3 Å². The predicted octanol–water partition coefficient (Wildman–Crippen LogP) is 3.63. The van der Waals surface area contributed by atoms with Crippen LogP contribution in [-0.4, -0.2) is 47.8 Å². The quantitative estimate of drug-likeness (QED) is 0.606. The van der Waals surface area contributed by atoms with Gasteiger partial charge in [0.1, 0.15) is 6.04 Å². The van der Waals surface area contributed by atoms with Crippen molar-refractivity contribution in [1.29, 1.82) is 0 Å². The number of likely N-dealkylation sites (tertiary alicyclic amines) is 1. The molecule has 0 aliphatic carbocycles. The van der Waals surface area contributed by atoms with Crippen LogP contribution in [-0.2, 0) is 16.0 Å². The van der Waals surface area contributed by atoms with E-state index in [9.17, 15) is 14.4 Å². The van der Waals surface area contributed by atoms with Gasteiger partial charge in [0, 0.05) is 25.6 Å². The van der Waals surface area contributed by atoms with E-state index in [1.54, 1.807) is 6.07 Å². The molecule has 0 spiro atoms. The van der Waals surface area contributed by atoms with Crippen LogP contribution in [0.15, 0.2) is 47.8 Å². The van der Waals surface area contributed by atoms with Crippen LogP contribution in [0, 0.1) is 5.92 Å². The fraction of sp³-hybridized carbons (Fsp3) is 0.480. The van der Waals surface area contributed by atoms with Crippen molar-refractivity contribution in [2.45, 2.75) is 58.0 Å². The fourth-order valence-corrected chi connectivity index (χ4v) is 4.62. The number of piperidine rings is 1. The van der Waals surface area contributed by atoms with E-state index in [1.807, 2.05) is 60.5 Å². The Morgan fingerprint density at radius 2 is 1.78 bits per heavy atom. The monoisotopic (exact) mass is 455 g/mol. The number of hydrogen-bond acceptors (Lipinski definition) is 4. The van der Waals surface area contributed by atoms with Gasteiger partial charge in [-0.05, 0) is 55.5 Å². The summed E-state index contributed by atoms with van der Waals surface area (Å²) in [4.78, 5) is 40.8. The predicted molar refractivity (Wildman–Crippen MR) is 128 cm³/mol. The third kappa shape index (κ3) is 6.66. The van der Waals surface area contributed by atoms with Crippen LogP contribution in [0.25, 0.3) is 0 Å². The Hall–Kier alpha value is -2.67. The van der Waals surface area contributed by atoms with Crippen LogP contribution < -0.4 is 10.6 Å². The molecule has 6 nitrogen and oxygen atoms in total. The molecule has 0 saturated carbocycles. The fourth-order valence-electron chi connectivity index (χ4n) is 3.99. The Morgan fingerprint density at radius 1 is 1.06 bits per heavy atom. The molecule has 1 saturated heterocycles. The minimum absolute atomic E-state index is 0.00106. The van der Waals surface area contributed by atoms with E-state index in [1.165, 1.54) is 11.3 Å². The molecule has 2 aromatic rings. The molecule has 2 N–H and O–H groups in total. The molecule has 0 bridgehead atoms. The lowest BCUT2D eigenvalue weighted by molar-refractivity contribution is -0.133. The van der Waals surface area contributed by atoms with Gasteiger partial charge in [0.2, 0.25) is 11.8 Å².